The molecule has 166 valence electrons. The highest BCUT2D eigenvalue weighted by molar-refractivity contribution is 9.10. The summed E-state index contributed by atoms with van der Waals surface area (Å²) >= 11 is 9.90. The Kier molecular flexibility index (Phi) is 7.60. The van der Waals surface area contributed by atoms with Crippen LogP contribution < -0.4 is 5.32 Å². The Bertz CT molecular complexity index is 1150. The molecule has 1 fully saturated rings. The Hall–Kier alpha value is -2.82. The number of halogens is 2. The molecule has 0 bridgehead atoms. The van der Waals surface area contributed by atoms with E-state index in [-0.39, 0.29) is 33.5 Å². The smallest absolute Gasteiger partial charge is 0.339 e. The number of amides is 3. The number of anilines is 1. The summed E-state index contributed by atoms with van der Waals surface area (Å²) < 4.78 is 5.36. The van der Waals surface area contributed by atoms with E-state index in [9.17, 15) is 24.3 Å². The van der Waals surface area contributed by atoms with Gasteiger partial charge < -0.3 is 15.2 Å². The second-order valence-electron chi connectivity index (χ2n) is 6.44. The molecule has 0 aromatic heterocycles. The third-order valence-corrected chi connectivity index (χ3v) is 6.06. The van der Waals surface area contributed by atoms with Crippen molar-refractivity contribution in [3.8, 4) is 5.75 Å². The van der Waals surface area contributed by atoms with Crippen LogP contribution in [-0.4, -0.2) is 46.2 Å². The van der Waals surface area contributed by atoms with Crippen LogP contribution >= 0.6 is 39.3 Å². The van der Waals surface area contributed by atoms with E-state index >= 15 is 0 Å². The van der Waals surface area contributed by atoms with Gasteiger partial charge in [0, 0.05) is 5.69 Å². The van der Waals surface area contributed by atoms with Gasteiger partial charge >= 0.3 is 5.97 Å². The number of carbonyl (C=O) groups excluding carboxylic acids is 4. The minimum absolute atomic E-state index is 0.0419. The summed E-state index contributed by atoms with van der Waals surface area (Å²) in [4.78, 5) is 50.2. The van der Waals surface area contributed by atoms with Crippen molar-refractivity contribution in [3.63, 3.8) is 0 Å². The maximum absolute atomic E-state index is 12.6. The zero-order chi connectivity index (χ0) is 23.4. The number of thioether (sulfide) groups is 1. The zero-order valence-corrected chi connectivity index (χ0v) is 19.7. The van der Waals surface area contributed by atoms with E-state index in [1.165, 1.54) is 30.3 Å². The molecular formula is C21H16BrClN2O6S. The van der Waals surface area contributed by atoms with Crippen LogP contribution in [0.15, 0.2) is 45.8 Å². The average molecular weight is 540 g/mol. The van der Waals surface area contributed by atoms with Crippen LogP contribution in [0.5, 0.6) is 5.75 Å². The van der Waals surface area contributed by atoms with Gasteiger partial charge in [-0.3, -0.25) is 19.3 Å². The van der Waals surface area contributed by atoms with Gasteiger partial charge in [-0.15, -0.1) is 0 Å². The van der Waals surface area contributed by atoms with Gasteiger partial charge in [0.2, 0.25) is 5.91 Å². The molecular weight excluding hydrogens is 524 g/mol. The number of phenols is 1. The molecule has 2 aromatic rings. The van der Waals surface area contributed by atoms with Crippen molar-refractivity contribution in [1.82, 2.24) is 4.90 Å². The van der Waals surface area contributed by atoms with E-state index in [2.05, 4.69) is 21.2 Å². The number of imide groups is 1. The van der Waals surface area contributed by atoms with Gasteiger partial charge in [-0.1, -0.05) is 17.7 Å². The lowest BCUT2D eigenvalue weighted by Gasteiger charge is -2.13. The second kappa shape index (κ2) is 10.2. The molecule has 1 aliphatic heterocycles. The molecule has 11 heteroatoms. The molecule has 3 rings (SSSR count). The highest BCUT2D eigenvalue weighted by Crippen LogP contribution is 2.33. The van der Waals surface area contributed by atoms with Gasteiger partial charge in [0.1, 0.15) is 12.3 Å². The van der Waals surface area contributed by atoms with Gasteiger partial charge in [0.25, 0.3) is 11.1 Å². The lowest BCUT2D eigenvalue weighted by molar-refractivity contribution is -0.127. The van der Waals surface area contributed by atoms with Gasteiger partial charge in [0.05, 0.1) is 26.6 Å². The predicted molar refractivity (Wildman–Crippen MR) is 125 cm³/mol. The first kappa shape index (κ1) is 23.8. The topological polar surface area (TPSA) is 113 Å². The number of hydrogen-bond donors (Lipinski definition) is 2. The maximum atomic E-state index is 12.6. The molecule has 0 aliphatic carbocycles. The molecule has 0 saturated carbocycles. The number of nitrogens with one attached hydrogen (secondary N) is 1. The molecule has 2 aromatic carbocycles. The minimum atomic E-state index is -0.634. The standard InChI is InChI=1S/C21H16BrClN2O6S/c1-2-31-20(29)13-9-12(4-5-15(13)23)24-18(27)10-25-19(28)17(32-21(25)30)8-11-3-6-16(26)14(22)7-11/h3-9,26H,2,10H2,1H3,(H,24,27)/b17-8+. The first-order valence-corrected chi connectivity index (χ1v) is 11.2. The summed E-state index contributed by atoms with van der Waals surface area (Å²) in [5, 5.41) is 11.7. The number of nitrogens with zero attached hydrogens (tertiary/aromatic N) is 1. The molecule has 1 aliphatic rings. The number of esters is 1. The largest absolute Gasteiger partial charge is 0.507 e. The molecule has 0 atom stereocenters. The van der Waals surface area contributed by atoms with Crippen molar-refractivity contribution in [2.45, 2.75) is 6.92 Å². The Morgan fingerprint density at radius 1 is 1.25 bits per heavy atom. The number of benzene rings is 2. The quantitative estimate of drug-likeness (QED) is 0.405. The molecule has 1 saturated heterocycles. The summed E-state index contributed by atoms with van der Waals surface area (Å²) in [6, 6.07) is 8.90. The van der Waals surface area contributed by atoms with Crippen molar-refractivity contribution >= 4 is 74.1 Å². The molecule has 32 heavy (non-hydrogen) atoms. The van der Waals surface area contributed by atoms with Crippen LogP contribution in [0.25, 0.3) is 6.08 Å². The van der Waals surface area contributed by atoms with Crippen molar-refractivity contribution in [2.24, 2.45) is 0 Å². The Labute approximate surface area is 200 Å². The monoisotopic (exact) mass is 538 g/mol. The van der Waals surface area contributed by atoms with Gasteiger partial charge in [0.15, 0.2) is 0 Å². The summed E-state index contributed by atoms with van der Waals surface area (Å²) in [6.45, 7) is 1.32. The lowest BCUT2D eigenvalue weighted by Crippen LogP contribution is -2.36. The fourth-order valence-corrected chi connectivity index (χ4v) is 4.14. The Balaban J connectivity index is 1.70. The van der Waals surface area contributed by atoms with E-state index in [0.29, 0.717) is 21.8 Å². The second-order valence-corrected chi connectivity index (χ2v) is 8.70. The van der Waals surface area contributed by atoms with E-state index in [1.807, 2.05) is 0 Å². The Morgan fingerprint density at radius 2 is 2.00 bits per heavy atom. The van der Waals surface area contributed by atoms with Crippen molar-refractivity contribution < 1.29 is 29.0 Å². The number of phenolic OH excluding ortho intramolecular Hbond substituents is 1. The van der Waals surface area contributed by atoms with Crippen molar-refractivity contribution in [3.05, 3.63) is 61.9 Å². The molecule has 0 unspecified atom stereocenters. The van der Waals surface area contributed by atoms with Crippen LogP contribution in [0.3, 0.4) is 0 Å². The zero-order valence-electron chi connectivity index (χ0n) is 16.6. The van der Waals surface area contributed by atoms with Crippen LogP contribution in [0.4, 0.5) is 10.5 Å². The van der Waals surface area contributed by atoms with Gasteiger partial charge in [-0.05, 0) is 76.6 Å². The van der Waals surface area contributed by atoms with E-state index in [0.717, 1.165) is 4.90 Å². The highest BCUT2D eigenvalue weighted by Gasteiger charge is 2.36. The Morgan fingerprint density at radius 3 is 2.69 bits per heavy atom. The first-order chi connectivity index (χ1) is 15.2. The summed E-state index contributed by atoms with van der Waals surface area (Å²) in [5.41, 5.74) is 0.941. The number of carbonyl (C=O) groups is 4. The third-order valence-electron chi connectivity index (χ3n) is 4.19. The van der Waals surface area contributed by atoms with Gasteiger partial charge in [-0.2, -0.15) is 0 Å². The minimum Gasteiger partial charge on any atom is -0.507 e. The fourth-order valence-electron chi connectivity index (χ4n) is 2.71. The van der Waals surface area contributed by atoms with Crippen LogP contribution in [0.2, 0.25) is 5.02 Å². The van der Waals surface area contributed by atoms with Crippen molar-refractivity contribution in [1.29, 1.82) is 0 Å². The van der Waals surface area contributed by atoms with Crippen LogP contribution in [0.1, 0.15) is 22.8 Å². The normalized spacial score (nSPS) is 14.7. The fraction of sp³-hybridized carbons (Fsp3) is 0.143. The SMILES string of the molecule is CCOC(=O)c1cc(NC(=O)CN2C(=O)S/C(=C/c3ccc(O)c(Br)c3)C2=O)ccc1Cl. The summed E-state index contributed by atoms with van der Waals surface area (Å²) in [5.74, 6) is -1.83. The molecule has 0 radical (unpaired) electrons. The maximum Gasteiger partial charge on any atom is 0.339 e. The summed E-state index contributed by atoms with van der Waals surface area (Å²) in [6.07, 6.45) is 1.50. The van der Waals surface area contributed by atoms with E-state index in [1.54, 1.807) is 19.1 Å². The average Bonchev–Trinajstić information content (AvgIpc) is 2.99. The molecule has 3 amide bonds. The van der Waals surface area contributed by atoms with Crippen LogP contribution in [-0.2, 0) is 14.3 Å². The van der Waals surface area contributed by atoms with Crippen LogP contribution in [0, 0.1) is 0 Å². The molecule has 1 heterocycles. The van der Waals surface area contributed by atoms with E-state index < -0.39 is 29.6 Å². The van der Waals surface area contributed by atoms with Crippen molar-refractivity contribution in [2.75, 3.05) is 18.5 Å². The number of rotatable bonds is 6. The molecule has 2 N–H and O–H groups in total. The third kappa shape index (κ3) is 5.50. The number of ether oxygens (including phenoxy) is 1. The lowest BCUT2D eigenvalue weighted by atomic mass is 10.2. The summed E-state index contributed by atoms with van der Waals surface area (Å²) in [7, 11) is 0. The van der Waals surface area contributed by atoms with E-state index in [4.69, 9.17) is 16.3 Å². The first-order valence-electron chi connectivity index (χ1n) is 9.20. The highest BCUT2D eigenvalue weighted by atomic mass is 79.9. The number of hydrogen-bond acceptors (Lipinski definition) is 7. The van der Waals surface area contributed by atoms with Gasteiger partial charge in [-0.25, -0.2) is 4.79 Å². The molecule has 0 spiro atoms. The number of aromatic hydroxyl groups is 1. The predicted octanol–water partition coefficient (Wildman–Crippen LogP) is 4.66. The molecule has 8 nitrogen and oxygen atoms in total.